The van der Waals surface area contributed by atoms with Gasteiger partial charge in [0.25, 0.3) is 0 Å². The number of hydrogen-bond acceptors (Lipinski definition) is 6. The second-order valence-electron chi connectivity index (χ2n) is 6.87. The number of aromatic nitrogens is 5. The highest BCUT2D eigenvalue weighted by molar-refractivity contribution is 7.98. The molecule has 0 bridgehead atoms. The number of thioether (sulfide) groups is 1. The van der Waals surface area contributed by atoms with Crippen LogP contribution in [0.4, 0.5) is 0 Å². The van der Waals surface area contributed by atoms with Gasteiger partial charge in [0.05, 0.1) is 12.3 Å². The molecule has 0 amide bonds. The van der Waals surface area contributed by atoms with E-state index < -0.39 is 0 Å². The van der Waals surface area contributed by atoms with Gasteiger partial charge in [-0.1, -0.05) is 72.7 Å². The summed E-state index contributed by atoms with van der Waals surface area (Å²) in [4.78, 5) is 4.44. The minimum Gasteiger partial charge on any atom is -0.338 e. The fourth-order valence-electron chi connectivity index (χ4n) is 2.80. The van der Waals surface area contributed by atoms with Crippen LogP contribution in [-0.2, 0) is 12.3 Å². The summed E-state index contributed by atoms with van der Waals surface area (Å²) in [5.41, 5.74) is 2.13. The zero-order chi connectivity index (χ0) is 20.2. The highest BCUT2D eigenvalue weighted by Gasteiger charge is 2.17. The zero-order valence-electron chi connectivity index (χ0n) is 16.1. The fourth-order valence-corrected chi connectivity index (χ4v) is 3.71. The summed E-state index contributed by atoms with van der Waals surface area (Å²) in [5.74, 6) is 2.86. The minimum atomic E-state index is 0.232. The van der Waals surface area contributed by atoms with Crippen LogP contribution in [0.3, 0.4) is 0 Å². The summed E-state index contributed by atoms with van der Waals surface area (Å²) < 4.78 is 7.46. The molecule has 2 aromatic carbocycles. The number of benzene rings is 2. The second kappa shape index (κ2) is 8.80. The average molecular weight is 426 g/mol. The van der Waals surface area contributed by atoms with Gasteiger partial charge in [0.15, 0.2) is 16.8 Å². The van der Waals surface area contributed by atoms with Gasteiger partial charge in [0.1, 0.15) is 0 Å². The van der Waals surface area contributed by atoms with Crippen molar-refractivity contribution in [2.24, 2.45) is 0 Å². The second-order valence-corrected chi connectivity index (χ2v) is 8.25. The molecule has 0 aliphatic rings. The molecule has 2 aromatic heterocycles. The first kappa shape index (κ1) is 19.7. The number of halogens is 1. The van der Waals surface area contributed by atoms with Crippen molar-refractivity contribution in [2.75, 3.05) is 0 Å². The molecule has 2 heterocycles. The standard InChI is InChI=1S/C21H20ClN5OS/c1-14(2)19-23-18(28-26-19)13-29-21-25-24-20(16-8-10-17(22)11-9-16)27(21)12-15-6-4-3-5-7-15/h3-11,14H,12-13H2,1-2H3. The van der Waals surface area contributed by atoms with Gasteiger partial charge in [-0.3, -0.25) is 4.57 Å². The van der Waals surface area contributed by atoms with Gasteiger partial charge in [-0.15, -0.1) is 10.2 Å². The van der Waals surface area contributed by atoms with Crippen molar-refractivity contribution in [3.8, 4) is 11.4 Å². The lowest BCUT2D eigenvalue weighted by Crippen LogP contribution is -2.04. The van der Waals surface area contributed by atoms with E-state index in [-0.39, 0.29) is 5.92 Å². The molecule has 0 aliphatic carbocycles. The molecule has 4 aromatic rings. The summed E-state index contributed by atoms with van der Waals surface area (Å²) in [6.45, 7) is 4.74. The molecule has 0 fully saturated rings. The van der Waals surface area contributed by atoms with E-state index in [0.717, 1.165) is 16.5 Å². The van der Waals surface area contributed by atoms with E-state index in [2.05, 4.69) is 37.0 Å². The van der Waals surface area contributed by atoms with Crippen molar-refractivity contribution in [2.45, 2.75) is 37.2 Å². The van der Waals surface area contributed by atoms with Crippen molar-refractivity contribution in [3.63, 3.8) is 0 Å². The molecule has 0 N–H and O–H groups in total. The fraction of sp³-hybridized carbons (Fsp3) is 0.238. The maximum Gasteiger partial charge on any atom is 0.237 e. The summed E-state index contributed by atoms with van der Waals surface area (Å²) in [6.07, 6.45) is 0. The van der Waals surface area contributed by atoms with Gasteiger partial charge in [-0.25, -0.2) is 0 Å². The molecular weight excluding hydrogens is 406 g/mol. The van der Waals surface area contributed by atoms with E-state index in [9.17, 15) is 0 Å². The number of nitrogens with zero attached hydrogens (tertiary/aromatic N) is 5. The van der Waals surface area contributed by atoms with Crippen molar-refractivity contribution >= 4 is 23.4 Å². The first-order valence-electron chi connectivity index (χ1n) is 9.28. The van der Waals surface area contributed by atoms with Gasteiger partial charge in [0, 0.05) is 16.5 Å². The first-order chi connectivity index (χ1) is 14.1. The van der Waals surface area contributed by atoms with Crippen LogP contribution < -0.4 is 0 Å². The van der Waals surface area contributed by atoms with Gasteiger partial charge >= 0.3 is 0 Å². The Morgan fingerprint density at radius 1 is 1.03 bits per heavy atom. The molecule has 29 heavy (non-hydrogen) atoms. The lowest BCUT2D eigenvalue weighted by molar-refractivity contribution is 0.382. The van der Waals surface area contributed by atoms with E-state index in [1.165, 1.54) is 17.3 Å². The highest BCUT2D eigenvalue weighted by Crippen LogP contribution is 2.28. The maximum atomic E-state index is 6.05. The van der Waals surface area contributed by atoms with Crippen molar-refractivity contribution in [1.82, 2.24) is 24.9 Å². The third-order valence-electron chi connectivity index (χ3n) is 4.33. The van der Waals surface area contributed by atoms with Crippen LogP contribution in [0.2, 0.25) is 5.02 Å². The van der Waals surface area contributed by atoms with Gasteiger partial charge in [0.2, 0.25) is 5.89 Å². The van der Waals surface area contributed by atoms with Crippen LogP contribution in [0.5, 0.6) is 0 Å². The lowest BCUT2D eigenvalue weighted by atomic mass is 10.2. The van der Waals surface area contributed by atoms with E-state index in [1.54, 1.807) is 0 Å². The quantitative estimate of drug-likeness (QED) is 0.367. The van der Waals surface area contributed by atoms with Crippen LogP contribution in [0.15, 0.2) is 64.3 Å². The Bertz CT molecular complexity index is 1080. The summed E-state index contributed by atoms with van der Waals surface area (Å²) >= 11 is 7.58. The summed E-state index contributed by atoms with van der Waals surface area (Å²) in [6, 6.07) is 17.9. The monoisotopic (exact) mass is 425 g/mol. The Kier molecular flexibility index (Phi) is 5.97. The smallest absolute Gasteiger partial charge is 0.237 e. The Labute approximate surface area is 178 Å². The molecule has 148 valence electrons. The summed E-state index contributed by atoms with van der Waals surface area (Å²) in [5, 5.41) is 14.4. The number of hydrogen-bond donors (Lipinski definition) is 0. The van der Waals surface area contributed by atoms with Crippen molar-refractivity contribution in [3.05, 3.63) is 76.9 Å². The van der Waals surface area contributed by atoms with Gasteiger partial charge in [-0.05, 0) is 29.8 Å². The molecule has 6 nitrogen and oxygen atoms in total. The van der Waals surface area contributed by atoms with Crippen LogP contribution in [0.1, 0.15) is 37.0 Å². The van der Waals surface area contributed by atoms with Crippen LogP contribution >= 0.6 is 23.4 Å². The molecule has 0 unspecified atom stereocenters. The molecule has 8 heteroatoms. The Morgan fingerprint density at radius 3 is 2.48 bits per heavy atom. The largest absolute Gasteiger partial charge is 0.338 e. The minimum absolute atomic E-state index is 0.232. The molecule has 4 rings (SSSR count). The third-order valence-corrected chi connectivity index (χ3v) is 5.53. The summed E-state index contributed by atoms with van der Waals surface area (Å²) in [7, 11) is 0. The molecule has 0 aliphatic heterocycles. The third kappa shape index (κ3) is 4.68. The molecule has 0 saturated heterocycles. The van der Waals surface area contributed by atoms with E-state index >= 15 is 0 Å². The highest BCUT2D eigenvalue weighted by atomic mass is 35.5. The van der Waals surface area contributed by atoms with Crippen molar-refractivity contribution < 1.29 is 4.52 Å². The predicted molar refractivity (Wildman–Crippen MR) is 114 cm³/mol. The average Bonchev–Trinajstić information content (AvgIpc) is 3.35. The van der Waals surface area contributed by atoms with Crippen LogP contribution in [0, 0.1) is 0 Å². The Balaban J connectivity index is 1.62. The van der Waals surface area contributed by atoms with Crippen LogP contribution in [-0.4, -0.2) is 24.9 Å². The first-order valence-corrected chi connectivity index (χ1v) is 10.6. The zero-order valence-corrected chi connectivity index (χ0v) is 17.7. The van der Waals surface area contributed by atoms with Gasteiger partial charge in [-0.2, -0.15) is 4.98 Å². The molecule has 0 spiro atoms. The lowest BCUT2D eigenvalue weighted by Gasteiger charge is -2.10. The molecule has 0 radical (unpaired) electrons. The maximum absolute atomic E-state index is 6.05. The SMILES string of the molecule is CC(C)c1noc(CSc2nnc(-c3ccc(Cl)cc3)n2Cc2ccccc2)n1. The van der Waals surface area contributed by atoms with E-state index in [1.807, 2.05) is 56.3 Å². The Morgan fingerprint density at radius 2 is 1.79 bits per heavy atom. The van der Waals surface area contributed by atoms with Crippen LogP contribution in [0.25, 0.3) is 11.4 Å². The molecule has 0 atom stereocenters. The Hall–Kier alpha value is -2.64. The number of rotatable bonds is 7. The van der Waals surface area contributed by atoms with Crippen molar-refractivity contribution in [1.29, 1.82) is 0 Å². The molecule has 0 saturated carbocycles. The molecular formula is C21H20ClN5OS. The van der Waals surface area contributed by atoms with E-state index in [0.29, 0.717) is 29.0 Å². The topological polar surface area (TPSA) is 69.6 Å². The normalized spacial score (nSPS) is 11.3. The van der Waals surface area contributed by atoms with Gasteiger partial charge < -0.3 is 4.52 Å². The predicted octanol–water partition coefficient (Wildman–Crippen LogP) is 5.45. The van der Waals surface area contributed by atoms with E-state index in [4.69, 9.17) is 16.1 Å².